The first kappa shape index (κ1) is 31.0. The second-order valence-electron chi connectivity index (χ2n) is 11.7. The van der Waals surface area contributed by atoms with Crippen molar-refractivity contribution in [1.82, 2.24) is 15.2 Å². The van der Waals surface area contributed by atoms with Gasteiger partial charge in [-0.25, -0.2) is 9.37 Å². The van der Waals surface area contributed by atoms with Gasteiger partial charge in [0, 0.05) is 23.9 Å². The molecule has 0 bridgehead atoms. The fourth-order valence-corrected chi connectivity index (χ4v) is 6.34. The first-order valence-electron chi connectivity index (χ1n) is 13.5. The van der Waals surface area contributed by atoms with Gasteiger partial charge in [0.1, 0.15) is 11.9 Å². The van der Waals surface area contributed by atoms with Gasteiger partial charge in [-0.1, -0.05) is 61.0 Å². The molecule has 1 aliphatic rings. The summed E-state index contributed by atoms with van der Waals surface area (Å²) in [6.07, 6.45) is -0.997. The molecule has 1 saturated heterocycles. The van der Waals surface area contributed by atoms with Crippen LogP contribution in [0.1, 0.15) is 68.2 Å². The number of carbonyl (C=O) groups excluding carboxylic acids is 3. The van der Waals surface area contributed by atoms with E-state index < -0.39 is 41.0 Å². The molecule has 3 aromatic rings. The number of carbonyl (C=O) groups is 3. The summed E-state index contributed by atoms with van der Waals surface area (Å²) in [5.41, 5.74) is 3.97. The SMILES string of the molecule is Cc1ncsc1-c1ccc([C@H](C)NC(=O)[C@@H]2C[C@@H](O)CN2C(=O)[C@@H](CC(=O)c2cc(Br)ccc2F)C(C)(C)C)cc1. The van der Waals surface area contributed by atoms with Gasteiger partial charge in [0.15, 0.2) is 5.78 Å². The van der Waals surface area contributed by atoms with Gasteiger partial charge in [-0.2, -0.15) is 0 Å². The van der Waals surface area contributed by atoms with Gasteiger partial charge in [-0.15, -0.1) is 11.3 Å². The minimum Gasteiger partial charge on any atom is -0.391 e. The molecular weight excluding hydrogens is 609 g/mol. The number of nitrogens with one attached hydrogen (secondary N) is 1. The van der Waals surface area contributed by atoms with E-state index in [4.69, 9.17) is 0 Å². The molecule has 0 spiro atoms. The van der Waals surface area contributed by atoms with Gasteiger partial charge in [0.2, 0.25) is 11.8 Å². The second kappa shape index (κ2) is 12.5. The second-order valence-corrected chi connectivity index (χ2v) is 13.5. The lowest BCUT2D eigenvalue weighted by Gasteiger charge is -2.35. The van der Waals surface area contributed by atoms with E-state index in [9.17, 15) is 23.9 Å². The number of ketones is 1. The van der Waals surface area contributed by atoms with E-state index in [-0.39, 0.29) is 36.9 Å². The summed E-state index contributed by atoms with van der Waals surface area (Å²) in [6.45, 7) is 9.32. The zero-order valence-corrected chi connectivity index (χ0v) is 26.2. The number of rotatable bonds is 8. The predicted molar refractivity (Wildman–Crippen MR) is 161 cm³/mol. The minimum atomic E-state index is -0.887. The molecule has 2 amide bonds. The third kappa shape index (κ3) is 7.10. The maximum absolute atomic E-state index is 14.4. The van der Waals surface area contributed by atoms with Crippen molar-refractivity contribution in [2.45, 2.75) is 65.6 Å². The molecule has 1 aliphatic heterocycles. The number of amides is 2. The van der Waals surface area contributed by atoms with E-state index in [1.54, 1.807) is 11.3 Å². The topological polar surface area (TPSA) is 99.6 Å². The lowest BCUT2D eigenvalue weighted by molar-refractivity contribution is -0.144. The van der Waals surface area contributed by atoms with Crippen LogP contribution >= 0.6 is 27.3 Å². The Kier molecular flexibility index (Phi) is 9.45. The number of aliphatic hydroxyl groups excluding tert-OH is 1. The third-order valence-electron chi connectivity index (χ3n) is 7.60. The Morgan fingerprint density at radius 1 is 1.20 bits per heavy atom. The molecule has 2 N–H and O–H groups in total. The summed E-state index contributed by atoms with van der Waals surface area (Å²) in [4.78, 5) is 47.2. The van der Waals surface area contributed by atoms with Crippen LogP contribution in [0.25, 0.3) is 10.4 Å². The standard InChI is InChI=1S/C31H35BrFN3O4S/c1-17(19-6-8-20(9-7-19)28-18(2)34-16-41-28)35-29(39)26-13-22(37)15-36(26)30(40)24(31(3,4)5)14-27(38)23-12-21(32)10-11-25(23)33/h6-12,16-17,22,24,26,37H,13-15H2,1-5H3,(H,35,39)/t17-,22+,24+,26-/m0/s1. The van der Waals surface area contributed by atoms with E-state index in [0.29, 0.717) is 4.47 Å². The molecule has 41 heavy (non-hydrogen) atoms. The number of likely N-dealkylation sites (tertiary alicyclic amines) is 1. The van der Waals surface area contributed by atoms with Crippen LogP contribution in [0, 0.1) is 24.1 Å². The number of benzene rings is 2. The van der Waals surface area contributed by atoms with Crippen molar-refractivity contribution in [2.75, 3.05) is 6.54 Å². The molecule has 218 valence electrons. The average Bonchev–Trinajstić information content (AvgIpc) is 3.52. The normalized spacial score (nSPS) is 18.7. The maximum atomic E-state index is 14.4. The molecular formula is C31H35BrFN3O4S. The monoisotopic (exact) mass is 643 g/mol. The Morgan fingerprint density at radius 3 is 2.49 bits per heavy atom. The Labute approximate surface area is 252 Å². The summed E-state index contributed by atoms with van der Waals surface area (Å²) in [6, 6.07) is 10.8. The van der Waals surface area contributed by atoms with E-state index in [1.807, 2.05) is 64.4 Å². The van der Waals surface area contributed by atoms with Crippen molar-refractivity contribution >= 4 is 44.9 Å². The fourth-order valence-electron chi connectivity index (χ4n) is 5.17. The number of hydrogen-bond acceptors (Lipinski definition) is 6. The predicted octanol–water partition coefficient (Wildman–Crippen LogP) is 6.09. The van der Waals surface area contributed by atoms with Gasteiger partial charge in [0.25, 0.3) is 0 Å². The van der Waals surface area contributed by atoms with E-state index >= 15 is 0 Å². The van der Waals surface area contributed by atoms with Crippen molar-refractivity contribution in [3.05, 3.63) is 75.1 Å². The number of aryl methyl sites for hydroxylation is 1. The van der Waals surface area contributed by atoms with E-state index in [1.165, 1.54) is 23.1 Å². The largest absolute Gasteiger partial charge is 0.391 e. The highest BCUT2D eigenvalue weighted by Crippen LogP contribution is 2.35. The number of nitrogens with zero attached hydrogens (tertiary/aromatic N) is 2. The smallest absolute Gasteiger partial charge is 0.243 e. The molecule has 0 aliphatic carbocycles. The third-order valence-corrected chi connectivity index (χ3v) is 9.07. The molecule has 1 fully saturated rings. The van der Waals surface area contributed by atoms with Gasteiger partial charge in [-0.3, -0.25) is 14.4 Å². The summed E-state index contributed by atoms with van der Waals surface area (Å²) >= 11 is 4.84. The number of Topliss-reactive ketones (excluding diaryl/α,β-unsaturated/α-hetero) is 1. The number of β-amino-alcohol motifs (C(OH)–C–C–N with tert-alkyl or cyclic N) is 1. The highest BCUT2D eigenvalue weighted by atomic mass is 79.9. The van der Waals surface area contributed by atoms with Crippen LogP contribution in [0.15, 0.2) is 52.4 Å². The molecule has 4 atom stereocenters. The summed E-state index contributed by atoms with van der Waals surface area (Å²) in [5, 5.41) is 13.5. The van der Waals surface area contributed by atoms with Gasteiger partial charge < -0.3 is 15.3 Å². The summed E-state index contributed by atoms with van der Waals surface area (Å²) in [7, 11) is 0. The highest BCUT2D eigenvalue weighted by Gasteiger charge is 2.44. The molecule has 4 rings (SSSR count). The first-order valence-corrected chi connectivity index (χ1v) is 15.2. The summed E-state index contributed by atoms with van der Waals surface area (Å²) in [5.74, 6) is -2.76. The number of thiazole rings is 1. The van der Waals surface area contributed by atoms with E-state index in [0.717, 1.165) is 21.7 Å². The maximum Gasteiger partial charge on any atom is 0.243 e. The van der Waals surface area contributed by atoms with Crippen LogP contribution in [-0.4, -0.2) is 51.3 Å². The van der Waals surface area contributed by atoms with Gasteiger partial charge in [0.05, 0.1) is 39.7 Å². The zero-order chi connectivity index (χ0) is 30.1. The molecule has 0 saturated carbocycles. The Hall–Kier alpha value is -2.95. The molecule has 0 unspecified atom stereocenters. The van der Waals surface area contributed by atoms with Crippen LogP contribution in [0.5, 0.6) is 0 Å². The lowest BCUT2D eigenvalue weighted by atomic mass is 9.76. The lowest BCUT2D eigenvalue weighted by Crippen LogP contribution is -2.50. The molecule has 10 heteroatoms. The highest BCUT2D eigenvalue weighted by molar-refractivity contribution is 9.10. The zero-order valence-electron chi connectivity index (χ0n) is 23.8. The number of aliphatic hydroxyl groups is 1. The van der Waals surface area contributed by atoms with Crippen LogP contribution in [0.2, 0.25) is 0 Å². The van der Waals surface area contributed by atoms with Crippen molar-refractivity contribution in [3.63, 3.8) is 0 Å². The van der Waals surface area contributed by atoms with Crippen LogP contribution in [0.4, 0.5) is 4.39 Å². The van der Waals surface area contributed by atoms with Crippen molar-refractivity contribution in [3.8, 4) is 10.4 Å². The van der Waals surface area contributed by atoms with Crippen molar-refractivity contribution in [1.29, 1.82) is 0 Å². The average molecular weight is 645 g/mol. The first-order chi connectivity index (χ1) is 19.3. The number of halogens is 2. The van der Waals surface area contributed by atoms with Gasteiger partial charge >= 0.3 is 0 Å². The van der Waals surface area contributed by atoms with Crippen LogP contribution in [0.3, 0.4) is 0 Å². The van der Waals surface area contributed by atoms with Crippen molar-refractivity contribution in [2.24, 2.45) is 11.3 Å². The molecule has 2 aromatic carbocycles. The molecule has 1 aromatic heterocycles. The summed E-state index contributed by atoms with van der Waals surface area (Å²) < 4.78 is 15.0. The molecule has 2 heterocycles. The fraction of sp³-hybridized carbons (Fsp3) is 0.419. The molecule has 0 radical (unpaired) electrons. The quantitative estimate of drug-likeness (QED) is 0.289. The number of hydrogen-bond donors (Lipinski definition) is 2. The van der Waals surface area contributed by atoms with E-state index in [2.05, 4.69) is 26.2 Å². The minimum absolute atomic E-state index is 0.0137. The Morgan fingerprint density at radius 2 is 1.88 bits per heavy atom. The van der Waals surface area contributed by atoms with Crippen LogP contribution < -0.4 is 5.32 Å². The van der Waals surface area contributed by atoms with Crippen LogP contribution in [-0.2, 0) is 9.59 Å². The Balaban J connectivity index is 1.49. The number of aromatic nitrogens is 1. The Bertz CT molecular complexity index is 1440. The van der Waals surface area contributed by atoms with Gasteiger partial charge in [-0.05, 0) is 48.6 Å². The molecule has 7 nitrogen and oxygen atoms in total. The van der Waals surface area contributed by atoms with Crippen molar-refractivity contribution < 1.29 is 23.9 Å².